The first-order valence-corrected chi connectivity index (χ1v) is 6.78. The maximum atomic E-state index is 4.29. The number of benzene rings is 1. The summed E-state index contributed by atoms with van der Waals surface area (Å²) in [5, 5.41) is 11.8. The zero-order valence-electron chi connectivity index (χ0n) is 10.9. The van der Waals surface area contributed by atoms with E-state index in [1.54, 1.807) is 0 Å². The van der Waals surface area contributed by atoms with E-state index in [0.29, 0.717) is 0 Å². The van der Waals surface area contributed by atoms with E-state index in [2.05, 4.69) is 32.5 Å². The van der Waals surface area contributed by atoms with Crippen LogP contribution in [0.3, 0.4) is 0 Å². The highest BCUT2D eigenvalue weighted by molar-refractivity contribution is 5.44. The number of nitrogens with zero attached hydrogens (tertiary/aromatic N) is 3. The Kier molecular flexibility index (Phi) is 3.58. The molecule has 19 heavy (non-hydrogen) atoms. The molecule has 0 atom stereocenters. The van der Waals surface area contributed by atoms with Crippen LogP contribution in [0.5, 0.6) is 0 Å². The van der Waals surface area contributed by atoms with Gasteiger partial charge < -0.3 is 10.2 Å². The van der Waals surface area contributed by atoms with E-state index >= 15 is 0 Å². The highest BCUT2D eigenvalue weighted by Crippen LogP contribution is 2.17. The van der Waals surface area contributed by atoms with Gasteiger partial charge in [-0.1, -0.05) is 30.3 Å². The van der Waals surface area contributed by atoms with E-state index in [9.17, 15) is 0 Å². The molecular weight excluding hydrogens is 236 g/mol. The van der Waals surface area contributed by atoms with Gasteiger partial charge >= 0.3 is 0 Å². The van der Waals surface area contributed by atoms with Crippen LogP contribution in [0.4, 0.5) is 11.6 Å². The summed E-state index contributed by atoms with van der Waals surface area (Å²) in [4.78, 5) is 2.29. The smallest absolute Gasteiger partial charge is 0.151 e. The molecule has 0 amide bonds. The van der Waals surface area contributed by atoms with Gasteiger partial charge in [0.05, 0.1) is 0 Å². The van der Waals surface area contributed by atoms with Crippen LogP contribution in [0, 0.1) is 0 Å². The van der Waals surface area contributed by atoms with Crippen molar-refractivity contribution < 1.29 is 0 Å². The Labute approximate surface area is 113 Å². The number of nitrogens with one attached hydrogen (secondary N) is 1. The summed E-state index contributed by atoms with van der Waals surface area (Å²) in [5.41, 5.74) is 1.24. The standard InChI is InChI=1S/C15H18N4/c1-2-6-13(7-3-1)12-16-14-8-9-15(18-17-14)19-10-4-5-11-19/h1-3,6-9H,4-5,10-12H2,(H,16,17). The molecule has 0 aliphatic carbocycles. The van der Waals surface area contributed by atoms with E-state index in [0.717, 1.165) is 31.3 Å². The zero-order chi connectivity index (χ0) is 12.9. The van der Waals surface area contributed by atoms with E-state index < -0.39 is 0 Å². The van der Waals surface area contributed by atoms with Crippen molar-refractivity contribution in [3.63, 3.8) is 0 Å². The minimum Gasteiger partial charge on any atom is -0.365 e. The molecule has 0 radical (unpaired) electrons. The monoisotopic (exact) mass is 254 g/mol. The second-order valence-corrected chi connectivity index (χ2v) is 4.81. The number of hydrogen-bond donors (Lipinski definition) is 1. The lowest BCUT2D eigenvalue weighted by molar-refractivity contribution is 0.891. The van der Waals surface area contributed by atoms with Crippen LogP contribution in [-0.4, -0.2) is 23.3 Å². The van der Waals surface area contributed by atoms with Crippen LogP contribution in [0.15, 0.2) is 42.5 Å². The molecule has 1 aromatic carbocycles. The fourth-order valence-corrected chi connectivity index (χ4v) is 2.32. The SMILES string of the molecule is c1ccc(CNc2ccc(N3CCCC3)nn2)cc1. The quantitative estimate of drug-likeness (QED) is 0.910. The lowest BCUT2D eigenvalue weighted by atomic mass is 10.2. The molecule has 2 heterocycles. The summed E-state index contributed by atoms with van der Waals surface area (Å²) in [6.07, 6.45) is 2.52. The van der Waals surface area contributed by atoms with Crippen LogP contribution >= 0.6 is 0 Å². The van der Waals surface area contributed by atoms with Crippen LogP contribution in [0.2, 0.25) is 0 Å². The van der Waals surface area contributed by atoms with Gasteiger partial charge in [0.25, 0.3) is 0 Å². The van der Waals surface area contributed by atoms with Crippen LogP contribution in [-0.2, 0) is 6.54 Å². The number of hydrogen-bond acceptors (Lipinski definition) is 4. The molecule has 3 rings (SSSR count). The van der Waals surface area contributed by atoms with Gasteiger partial charge in [0, 0.05) is 19.6 Å². The predicted molar refractivity (Wildman–Crippen MR) is 77.2 cm³/mol. The first-order chi connectivity index (χ1) is 9.42. The lowest BCUT2D eigenvalue weighted by Gasteiger charge is -2.15. The van der Waals surface area contributed by atoms with Gasteiger partial charge in [-0.3, -0.25) is 0 Å². The predicted octanol–water partition coefficient (Wildman–Crippen LogP) is 2.69. The average Bonchev–Trinajstić information content (AvgIpc) is 3.01. The van der Waals surface area contributed by atoms with Crippen molar-refractivity contribution in [2.24, 2.45) is 0 Å². The van der Waals surface area contributed by atoms with Gasteiger partial charge in [-0.05, 0) is 30.5 Å². The van der Waals surface area contributed by atoms with E-state index in [1.807, 2.05) is 30.3 Å². The Morgan fingerprint density at radius 3 is 2.42 bits per heavy atom. The third-order valence-corrected chi connectivity index (χ3v) is 3.40. The van der Waals surface area contributed by atoms with Gasteiger partial charge in [-0.15, -0.1) is 10.2 Å². The van der Waals surface area contributed by atoms with Crippen LogP contribution < -0.4 is 10.2 Å². The van der Waals surface area contributed by atoms with Gasteiger partial charge in [0.1, 0.15) is 5.82 Å². The molecular formula is C15H18N4. The second kappa shape index (κ2) is 5.69. The third-order valence-electron chi connectivity index (χ3n) is 3.40. The Bertz CT molecular complexity index is 503. The molecule has 1 aromatic heterocycles. The first kappa shape index (κ1) is 12.0. The maximum absolute atomic E-state index is 4.29. The Hall–Kier alpha value is -2.10. The van der Waals surface area contributed by atoms with Gasteiger partial charge in [-0.2, -0.15) is 0 Å². The largest absolute Gasteiger partial charge is 0.365 e. The second-order valence-electron chi connectivity index (χ2n) is 4.81. The fraction of sp³-hybridized carbons (Fsp3) is 0.333. The minimum atomic E-state index is 0.776. The normalized spacial score (nSPS) is 14.6. The molecule has 1 fully saturated rings. The fourth-order valence-electron chi connectivity index (χ4n) is 2.32. The molecule has 4 heteroatoms. The summed E-state index contributed by atoms with van der Waals surface area (Å²) < 4.78 is 0. The number of aromatic nitrogens is 2. The van der Waals surface area contributed by atoms with Gasteiger partial charge in [-0.25, -0.2) is 0 Å². The van der Waals surface area contributed by atoms with Crippen molar-refractivity contribution in [1.29, 1.82) is 0 Å². The summed E-state index contributed by atoms with van der Waals surface area (Å²) in [5.74, 6) is 1.81. The molecule has 1 N–H and O–H groups in total. The topological polar surface area (TPSA) is 41.0 Å². The number of anilines is 2. The minimum absolute atomic E-state index is 0.776. The molecule has 2 aromatic rings. The third kappa shape index (κ3) is 3.02. The average molecular weight is 254 g/mol. The van der Waals surface area contributed by atoms with Gasteiger partial charge in [0.2, 0.25) is 0 Å². The molecule has 4 nitrogen and oxygen atoms in total. The van der Waals surface area contributed by atoms with E-state index in [-0.39, 0.29) is 0 Å². The molecule has 0 bridgehead atoms. The molecule has 1 aliphatic heterocycles. The van der Waals surface area contributed by atoms with Crippen molar-refractivity contribution in [2.75, 3.05) is 23.3 Å². The molecule has 0 spiro atoms. The first-order valence-electron chi connectivity index (χ1n) is 6.78. The molecule has 98 valence electrons. The van der Waals surface area contributed by atoms with Gasteiger partial charge in [0.15, 0.2) is 5.82 Å². The van der Waals surface area contributed by atoms with Crippen molar-refractivity contribution in [1.82, 2.24) is 10.2 Å². The summed E-state index contributed by atoms with van der Waals surface area (Å²) in [6, 6.07) is 14.3. The molecule has 0 unspecified atom stereocenters. The molecule has 0 saturated carbocycles. The summed E-state index contributed by atoms with van der Waals surface area (Å²) in [6.45, 7) is 2.98. The Morgan fingerprint density at radius 1 is 0.947 bits per heavy atom. The van der Waals surface area contributed by atoms with Crippen LogP contribution in [0.1, 0.15) is 18.4 Å². The van der Waals surface area contributed by atoms with Crippen molar-refractivity contribution in [2.45, 2.75) is 19.4 Å². The zero-order valence-corrected chi connectivity index (χ0v) is 10.9. The highest BCUT2D eigenvalue weighted by atomic mass is 15.3. The van der Waals surface area contributed by atoms with Crippen molar-refractivity contribution in [3.05, 3.63) is 48.0 Å². The summed E-state index contributed by atoms with van der Waals surface area (Å²) >= 11 is 0. The van der Waals surface area contributed by atoms with E-state index in [4.69, 9.17) is 0 Å². The summed E-state index contributed by atoms with van der Waals surface area (Å²) in [7, 11) is 0. The van der Waals surface area contributed by atoms with Crippen molar-refractivity contribution >= 4 is 11.6 Å². The Morgan fingerprint density at radius 2 is 1.74 bits per heavy atom. The maximum Gasteiger partial charge on any atom is 0.151 e. The highest BCUT2D eigenvalue weighted by Gasteiger charge is 2.13. The Balaban J connectivity index is 1.60. The molecule has 1 saturated heterocycles. The van der Waals surface area contributed by atoms with Crippen LogP contribution in [0.25, 0.3) is 0 Å². The lowest BCUT2D eigenvalue weighted by Crippen LogP contribution is -2.19. The van der Waals surface area contributed by atoms with Crippen molar-refractivity contribution in [3.8, 4) is 0 Å². The van der Waals surface area contributed by atoms with E-state index in [1.165, 1.54) is 18.4 Å². The molecule has 1 aliphatic rings. The number of rotatable bonds is 4.